The summed E-state index contributed by atoms with van der Waals surface area (Å²) < 4.78 is 20.2. The molecular weight excluding hydrogens is 309 g/mol. The summed E-state index contributed by atoms with van der Waals surface area (Å²) in [5.41, 5.74) is 6.64. The zero-order valence-corrected chi connectivity index (χ0v) is 12.4. The van der Waals surface area contributed by atoms with Crippen LogP contribution in [0.15, 0.2) is 46.9 Å². The van der Waals surface area contributed by atoms with Gasteiger partial charge in [-0.15, -0.1) is 0 Å². The predicted molar refractivity (Wildman–Crippen MR) is 77.7 cm³/mol. The number of nitrogens with two attached hydrogens (primary N) is 1. The Morgan fingerprint density at radius 2 is 1.74 bits per heavy atom. The normalized spacial score (nSPS) is 13.9. The fraction of sp³-hybridized carbons (Fsp3) is 0.200. The van der Waals surface area contributed by atoms with Crippen LogP contribution in [-0.4, -0.2) is 7.11 Å². The molecule has 1 atom stereocenters. The van der Waals surface area contributed by atoms with Gasteiger partial charge in [0.1, 0.15) is 0 Å². The van der Waals surface area contributed by atoms with E-state index in [1.54, 1.807) is 25.1 Å². The Morgan fingerprint density at radius 3 is 2.37 bits per heavy atom. The van der Waals surface area contributed by atoms with E-state index in [4.69, 9.17) is 10.5 Å². The number of ether oxygens (including phenoxy) is 1. The van der Waals surface area contributed by atoms with Crippen molar-refractivity contribution in [3.63, 3.8) is 0 Å². The lowest BCUT2D eigenvalue weighted by Gasteiger charge is -2.28. The molecule has 2 aromatic carbocycles. The average Bonchev–Trinajstić information content (AvgIpc) is 2.39. The summed E-state index contributed by atoms with van der Waals surface area (Å²) >= 11 is 3.46. The molecule has 1 unspecified atom stereocenters. The highest BCUT2D eigenvalue weighted by Crippen LogP contribution is 2.35. The molecule has 19 heavy (non-hydrogen) atoms. The van der Waals surface area contributed by atoms with Crippen LogP contribution < -0.4 is 10.5 Å². The van der Waals surface area contributed by atoms with Crippen molar-refractivity contribution >= 4 is 15.9 Å². The van der Waals surface area contributed by atoms with Crippen molar-refractivity contribution in [2.24, 2.45) is 5.73 Å². The summed E-state index contributed by atoms with van der Waals surface area (Å²) in [6, 6.07) is 12.5. The van der Waals surface area contributed by atoms with Crippen LogP contribution in [0, 0.1) is 5.82 Å². The lowest BCUT2D eigenvalue weighted by Crippen LogP contribution is -2.35. The molecule has 0 spiro atoms. The lowest BCUT2D eigenvalue weighted by atomic mass is 9.85. The second kappa shape index (κ2) is 5.31. The smallest absolute Gasteiger partial charge is 0.170 e. The highest BCUT2D eigenvalue weighted by molar-refractivity contribution is 9.10. The second-order valence-electron chi connectivity index (χ2n) is 4.50. The fourth-order valence-corrected chi connectivity index (χ4v) is 2.79. The largest absolute Gasteiger partial charge is 0.494 e. The van der Waals surface area contributed by atoms with Crippen molar-refractivity contribution in [3.05, 3.63) is 63.9 Å². The van der Waals surface area contributed by atoms with Gasteiger partial charge in [-0.05, 0) is 24.6 Å². The van der Waals surface area contributed by atoms with Gasteiger partial charge in [-0.1, -0.05) is 46.3 Å². The average molecular weight is 324 g/mol. The number of hydrogen-bond donors (Lipinski definition) is 1. The molecule has 2 N–H and O–H groups in total. The molecule has 0 heterocycles. The summed E-state index contributed by atoms with van der Waals surface area (Å²) in [6.07, 6.45) is 0. The molecule has 2 rings (SSSR count). The molecule has 0 amide bonds. The zero-order valence-electron chi connectivity index (χ0n) is 10.8. The van der Waals surface area contributed by atoms with E-state index in [2.05, 4.69) is 15.9 Å². The highest BCUT2D eigenvalue weighted by atomic mass is 79.9. The van der Waals surface area contributed by atoms with Gasteiger partial charge in [-0.3, -0.25) is 0 Å². The van der Waals surface area contributed by atoms with Crippen LogP contribution in [-0.2, 0) is 5.54 Å². The van der Waals surface area contributed by atoms with Gasteiger partial charge in [-0.2, -0.15) is 0 Å². The van der Waals surface area contributed by atoms with Crippen LogP contribution >= 0.6 is 15.9 Å². The summed E-state index contributed by atoms with van der Waals surface area (Å²) in [5, 5.41) is 0. The van der Waals surface area contributed by atoms with E-state index in [0.29, 0.717) is 5.56 Å². The molecule has 2 aromatic rings. The number of benzene rings is 2. The van der Waals surface area contributed by atoms with Crippen LogP contribution in [0.1, 0.15) is 18.1 Å². The van der Waals surface area contributed by atoms with E-state index in [1.165, 1.54) is 7.11 Å². The van der Waals surface area contributed by atoms with E-state index in [9.17, 15) is 4.39 Å². The van der Waals surface area contributed by atoms with Crippen molar-refractivity contribution in [1.82, 2.24) is 0 Å². The topological polar surface area (TPSA) is 35.2 Å². The van der Waals surface area contributed by atoms with Gasteiger partial charge in [0.05, 0.1) is 12.6 Å². The summed E-state index contributed by atoms with van der Waals surface area (Å²) in [5.74, 6) is -0.230. The van der Waals surface area contributed by atoms with Crippen molar-refractivity contribution in [2.75, 3.05) is 7.11 Å². The Labute approximate surface area is 120 Å². The number of halogens is 2. The van der Waals surface area contributed by atoms with E-state index in [0.717, 1.165) is 10.0 Å². The third-order valence-electron chi connectivity index (χ3n) is 3.18. The summed E-state index contributed by atoms with van der Waals surface area (Å²) in [6.45, 7) is 1.78. The first kappa shape index (κ1) is 14.0. The van der Waals surface area contributed by atoms with Crippen molar-refractivity contribution < 1.29 is 9.13 Å². The maximum absolute atomic E-state index is 14.4. The molecule has 0 aliphatic heterocycles. The Hall–Kier alpha value is -1.39. The minimum Gasteiger partial charge on any atom is -0.494 e. The summed E-state index contributed by atoms with van der Waals surface area (Å²) in [7, 11) is 1.44. The first-order valence-electron chi connectivity index (χ1n) is 5.85. The van der Waals surface area contributed by atoms with Gasteiger partial charge in [0, 0.05) is 10.0 Å². The molecule has 2 nitrogen and oxygen atoms in total. The molecular formula is C15H15BrFNO. The van der Waals surface area contributed by atoms with Crippen molar-refractivity contribution in [3.8, 4) is 5.75 Å². The standard InChI is InChI=1S/C15H15BrFNO/c1-15(18,10-6-3-4-8-12(10)16)11-7-5-9-13(19-2)14(11)17/h3-9H,18H2,1-2H3. The van der Waals surface area contributed by atoms with Gasteiger partial charge in [0.25, 0.3) is 0 Å². The monoisotopic (exact) mass is 323 g/mol. The number of rotatable bonds is 3. The third kappa shape index (κ3) is 2.51. The molecule has 0 aliphatic carbocycles. The van der Waals surface area contributed by atoms with Crippen LogP contribution in [0.3, 0.4) is 0 Å². The minimum atomic E-state index is -0.946. The van der Waals surface area contributed by atoms with Crippen LogP contribution in [0.2, 0.25) is 0 Å². The molecule has 0 aliphatic rings. The third-order valence-corrected chi connectivity index (χ3v) is 3.87. The molecule has 0 saturated heterocycles. The van der Waals surface area contributed by atoms with Crippen LogP contribution in [0.5, 0.6) is 5.75 Å². The Kier molecular flexibility index (Phi) is 3.92. The van der Waals surface area contributed by atoms with E-state index >= 15 is 0 Å². The predicted octanol–water partition coefficient (Wildman–Crippen LogP) is 3.82. The van der Waals surface area contributed by atoms with Crippen molar-refractivity contribution in [2.45, 2.75) is 12.5 Å². The van der Waals surface area contributed by atoms with E-state index < -0.39 is 11.4 Å². The molecule has 0 saturated carbocycles. The summed E-state index contributed by atoms with van der Waals surface area (Å²) in [4.78, 5) is 0. The molecule has 100 valence electrons. The highest BCUT2D eigenvalue weighted by Gasteiger charge is 2.30. The lowest BCUT2D eigenvalue weighted by molar-refractivity contribution is 0.379. The maximum atomic E-state index is 14.4. The number of methoxy groups -OCH3 is 1. The maximum Gasteiger partial charge on any atom is 0.170 e. The Balaban J connectivity index is 2.60. The minimum absolute atomic E-state index is 0.196. The quantitative estimate of drug-likeness (QED) is 0.931. The first-order valence-corrected chi connectivity index (χ1v) is 6.64. The Morgan fingerprint density at radius 1 is 1.11 bits per heavy atom. The van der Waals surface area contributed by atoms with Gasteiger partial charge in [0.2, 0.25) is 0 Å². The van der Waals surface area contributed by atoms with Gasteiger partial charge >= 0.3 is 0 Å². The molecule has 0 bridgehead atoms. The van der Waals surface area contributed by atoms with Crippen LogP contribution in [0.25, 0.3) is 0 Å². The molecule has 0 fully saturated rings. The van der Waals surface area contributed by atoms with Crippen LogP contribution in [0.4, 0.5) is 4.39 Å². The fourth-order valence-electron chi connectivity index (χ4n) is 2.10. The van der Waals surface area contributed by atoms with Crippen molar-refractivity contribution in [1.29, 1.82) is 0 Å². The molecule has 0 radical (unpaired) electrons. The van der Waals surface area contributed by atoms with Gasteiger partial charge < -0.3 is 10.5 Å². The molecule has 0 aromatic heterocycles. The van der Waals surface area contributed by atoms with E-state index in [-0.39, 0.29) is 5.75 Å². The van der Waals surface area contributed by atoms with Gasteiger partial charge in [0.15, 0.2) is 11.6 Å². The van der Waals surface area contributed by atoms with Gasteiger partial charge in [-0.25, -0.2) is 4.39 Å². The Bertz CT molecular complexity index is 598. The molecule has 4 heteroatoms. The number of hydrogen-bond acceptors (Lipinski definition) is 2. The first-order chi connectivity index (χ1) is 8.98. The SMILES string of the molecule is COc1cccc(C(C)(N)c2ccccc2Br)c1F. The second-order valence-corrected chi connectivity index (χ2v) is 5.36. The van der Waals surface area contributed by atoms with E-state index in [1.807, 2.05) is 24.3 Å². The zero-order chi connectivity index (χ0) is 14.0.